The van der Waals surface area contributed by atoms with Crippen molar-refractivity contribution in [3.8, 4) is 0 Å². The molecule has 0 spiro atoms. The minimum Gasteiger partial charge on any atom is -0.478 e. The number of benzene rings is 1. The van der Waals surface area contributed by atoms with Gasteiger partial charge in [-0.2, -0.15) is 0 Å². The highest BCUT2D eigenvalue weighted by Crippen LogP contribution is 2.36. The van der Waals surface area contributed by atoms with E-state index in [0.29, 0.717) is 6.61 Å². The molecule has 5 heteroatoms. The van der Waals surface area contributed by atoms with Gasteiger partial charge in [0, 0.05) is 18.2 Å². The Morgan fingerprint density at radius 1 is 1.30 bits per heavy atom. The Morgan fingerprint density at radius 2 is 2.00 bits per heavy atom. The summed E-state index contributed by atoms with van der Waals surface area (Å²) in [6.07, 6.45) is 2.16. The zero-order chi connectivity index (χ0) is 17.3. The Labute approximate surface area is 138 Å². The van der Waals surface area contributed by atoms with Crippen LogP contribution in [0.5, 0.6) is 0 Å². The Morgan fingerprint density at radius 3 is 2.61 bits per heavy atom. The maximum atomic E-state index is 11.2. The molecule has 0 atom stereocenters. The van der Waals surface area contributed by atoms with E-state index in [1.165, 1.54) is 6.20 Å². The molecule has 0 radical (unpaired) electrons. The summed E-state index contributed by atoms with van der Waals surface area (Å²) in [5, 5.41) is 10.2. The van der Waals surface area contributed by atoms with Crippen molar-refractivity contribution >= 4 is 25.2 Å². The molecule has 0 aliphatic heterocycles. The zero-order valence-corrected chi connectivity index (χ0v) is 15.5. The van der Waals surface area contributed by atoms with Crippen molar-refractivity contribution in [3.05, 3.63) is 41.6 Å². The third-order valence-electron chi connectivity index (χ3n) is 4.70. The number of carboxylic acid groups (broad SMARTS) is 1. The van der Waals surface area contributed by atoms with Gasteiger partial charge >= 0.3 is 5.97 Å². The van der Waals surface area contributed by atoms with E-state index in [0.717, 1.165) is 22.9 Å². The average molecular weight is 331 g/mol. The highest BCUT2D eigenvalue weighted by atomic mass is 28.4. The van der Waals surface area contributed by atoms with Gasteiger partial charge in [0.15, 0.2) is 8.32 Å². The predicted molar refractivity (Wildman–Crippen MR) is 95.6 cm³/mol. The molecule has 124 valence electrons. The summed E-state index contributed by atoms with van der Waals surface area (Å²) in [5.74, 6) is -0.952. The zero-order valence-electron chi connectivity index (χ0n) is 14.5. The third-order valence-corrected chi connectivity index (χ3v) is 9.24. The minimum absolute atomic E-state index is 0.184. The smallest absolute Gasteiger partial charge is 0.337 e. The van der Waals surface area contributed by atoms with Crippen LogP contribution in [0.4, 0.5) is 0 Å². The summed E-state index contributed by atoms with van der Waals surface area (Å²) in [7, 11) is -1.76. The van der Waals surface area contributed by atoms with Crippen LogP contribution in [0.2, 0.25) is 18.1 Å². The van der Waals surface area contributed by atoms with Crippen LogP contribution in [0.15, 0.2) is 30.5 Å². The van der Waals surface area contributed by atoms with Crippen molar-refractivity contribution in [3.63, 3.8) is 0 Å². The SMILES string of the molecule is CC(C)(C)[Si](C)(C)OCCc1cccc2ncc(C(=O)O)cc12. The fraction of sp³-hybridized carbons (Fsp3) is 0.444. The van der Waals surface area contributed by atoms with E-state index in [1.54, 1.807) is 6.07 Å². The van der Waals surface area contributed by atoms with Crippen LogP contribution in [0.3, 0.4) is 0 Å². The molecule has 0 amide bonds. The molecule has 0 bridgehead atoms. The lowest BCUT2D eigenvalue weighted by molar-refractivity contribution is 0.0696. The molecule has 2 aromatic rings. The number of aromatic nitrogens is 1. The fourth-order valence-corrected chi connectivity index (χ4v) is 3.22. The van der Waals surface area contributed by atoms with Gasteiger partial charge in [-0.1, -0.05) is 32.9 Å². The number of hydrogen-bond donors (Lipinski definition) is 1. The van der Waals surface area contributed by atoms with Crippen molar-refractivity contribution in [1.82, 2.24) is 4.98 Å². The maximum absolute atomic E-state index is 11.2. The van der Waals surface area contributed by atoms with Gasteiger partial charge in [0.2, 0.25) is 0 Å². The Hall–Kier alpha value is -1.72. The lowest BCUT2D eigenvalue weighted by Gasteiger charge is -2.36. The van der Waals surface area contributed by atoms with Crippen LogP contribution < -0.4 is 0 Å². The molecular weight excluding hydrogens is 306 g/mol. The summed E-state index contributed by atoms with van der Waals surface area (Å²) in [4.78, 5) is 15.4. The first-order valence-electron chi connectivity index (χ1n) is 7.87. The summed E-state index contributed by atoms with van der Waals surface area (Å²) in [6.45, 7) is 11.8. The van der Waals surface area contributed by atoms with Gasteiger partial charge in [-0.05, 0) is 42.2 Å². The van der Waals surface area contributed by atoms with Gasteiger partial charge in [0.1, 0.15) is 0 Å². The Kier molecular flexibility index (Phi) is 4.92. The molecule has 0 saturated heterocycles. The molecule has 1 N–H and O–H groups in total. The van der Waals surface area contributed by atoms with Crippen LogP contribution in [0, 0.1) is 0 Å². The first-order chi connectivity index (χ1) is 10.6. The molecule has 4 nitrogen and oxygen atoms in total. The molecule has 0 unspecified atom stereocenters. The van der Waals surface area contributed by atoms with Crippen LogP contribution in [-0.2, 0) is 10.8 Å². The molecule has 0 aliphatic carbocycles. The molecule has 23 heavy (non-hydrogen) atoms. The van der Waals surface area contributed by atoms with Gasteiger partial charge in [-0.15, -0.1) is 0 Å². The normalized spacial score (nSPS) is 12.6. The number of carbonyl (C=O) groups is 1. The predicted octanol–water partition coefficient (Wildman–Crippen LogP) is 4.50. The highest BCUT2D eigenvalue weighted by Gasteiger charge is 2.36. The maximum Gasteiger partial charge on any atom is 0.337 e. The molecule has 1 aromatic heterocycles. The topological polar surface area (TPSA) is 59.4 Å². The van der Waals surface area contributed by atoms with Gasteiger partial charge in [0.25, 0.3) is 0 Å². The van der Waals surface area contributed by atoms with Crippen molar-refractivity contribution in [1.29, 1.82) is 0 Å². The van der Waals surface area contributed by atoms with E-state index in [4.69, 9.17) is 9.53 Å². The van der Waals surface area contributed by atoms with Crippen LogP contribution >= 0.6 is 0 Å². The quantitative estimate of drug-likeness (QED) is 0.820. The molecule has 0 fully saturated rings. The van der Waals surface area contributed by atoms with Crippen molar-refractivity contribution < 1.29 is 14.3 Å². The number of pyridine rings is 1. The number of hydrogen-bond acceptors (Lipinski definition) is 3. The second-order valence-corrected chi connectivity index (χ2v) is 12.2. The van der Waals surface area contributed by atoms with E-state index in [-0.39, 0.29) is 10.6 Å². The van der Waals surface area contributed by atoms with Crippen molar-refractivity contribution in [2.24, 2.45) is 0 Å². The van der Waals surface area contributed by atoms with Crippen LogP contribution in [-0.4, -0.2) is 31.0 Å². The monoisotopic (exact) mass is 331 g/mol. The number of nitrogens with zero attached hydrogens (tertiary/aromatic N) is 1. The van der Waals surface area contributed by atoms with E-state index in [1.807, 2.05) is 18.2 Å². The average Bonchev–Trinajstić information content (AvgIpc) is 2.45. The molecule has 1 aromatic carbocycles. The third kappa shape index (κ3) is 3.98. The fourth-order valence-electron chi connectivity index (χ4n) is 2.18. The van der Waals surface area contributed by atoms with Gasteiger partial charge in [-0.3, -0.25) is 4.98 Å². The summed E-state index contributed by atoms with van der Waals surface area (Å²) >= 11 is 0. The standard InChI is InChI=1S/C18H25NO3Si/c1-18(2,3)23(4,5)22-10-9-13-7-6-8-16-15(13)11-14(12-19-16)17(20)21/h6-8,11-12H,9-10H2,1-5H3,(H,20,21). The van der Waals surface area contributed by atoms with E-state index in [2.05, 4.69) is 38.8 Å². The number of carboxylic acids is 1. The molecular formula is C18H25NO3Si. The largest absolute Gasteiger partial charge is 0.478 e. The van der Waals surface area contributed by atoms with Gasteiger partial charge < -0.3 is 9.53 Å². The van der Waals surface area contributed by atoms with Gasteiger partial charge in [0.05, 0.1) is 11.1 Å². The first-order valence-corrected chi connectivity index (χ1v) is 10.8. The van der Waals surface area contributed by atoms with Crippen molar-refractivity contribution in [2.45, 2.75) is 45.3 Å². The summed E-state index contributed by atoms with van der Waals surface area (Å²) < 4.78 is 6.23. The molecule has 0 saturated carbocycles. The number of aromatic carboxylic acids is 1. The van der Waals surface area contributed by atoms with E-state index in [9.17, 15) is 4.79 Å². The van der Waals surface area contributed by atoms with E-state index < -0.39 is 14.3 Å². The first kappa shape index (κ1) is 17.6. The lowest BCUT2D eigenvalue weighted by atomic mass is 10.0. The highest BCUT2D eigenvalue weighted by molar-refractivity contribution is 6.74. The number of fused-ring (bicyclic) bond motifs is 1. The van der Waals surface area contributed by atoms with Gasteiger partial charge in [-0.25, -0.2) is 4.79 Å². The summed E-state index contributed by atoms with van der Waals surface area (Å²) in [5.41, 5.74) is 2.12. The lowest BCUT2D eigenvalue weighted by Crippen LogP contribution is -2.41. The minimum atomic E-state index is -1.76. The van der Waals surface area contributed by atoms with Crippen LogP contribution in [0.25, 0.3) is 10.9 Å². The number of rotatable bonds is 5. The summed E-state index contributed by atoms with van der Waals surface area (Å²) in [6, 6.07) is 7.58. The van der Waals surface area contributed by atoms with Crippen molar-refractivity contribution in [2.75, 3.05) is 6.61 Å². The Bertz CT molecular complexity index is 720. The second kappa shape index (κ2) is 6.41. The van der Waals surface area contributed by atoms with E-state index >= 15 is 0 Å². The molecule has 0 aliphatic rings. The Balaban J connectivity index is 2.20. The molecule has 2 rings (SSSR count). The molecule has 1 heterocycles. The second-order valence-electron chi connectivity index (χ2n) is 7.37. The van der Waals surface area contributed by atoms with Crippen LogP contribution in [0.1, 0.15) is 36.7 Å².